The Kier molecular flexibility index (Phi) is 8.73. The summed E-state index contributed by atoms with van der Waals surface area (Å²) in [6.07, 6.45) is 2.19. The summed E-state index contributed by atoms with van der Waals surface area (Å²) in [5.41, 5.74) is 1.26. The van der Waals surface area contributed by atoms with E-state index in [9.17, 15) is 14.7 Å². The van der Waals surface area contributed by atoms with Crippen molar-refractivity contribution in [3.05, 3.63) is 30.6 Å². The van der Waals surface area contributed by atoms with Crippen molar-refractivity contribution in [3.63, 3.8) is 0 Å². The van der Waals surface area contributed by atoms with Crippen LogP contribution < -0.4 is 67.1 Å². The average Bonchev–Trinajstić information content (AvgIpc) is 2.98. The molecule has 0 aliphatic heterocycles. The van der Waals surface area contributed by atoms with Gasteiger partial charge >= 0.3 is 57.4 Å². The Balaban J connectivity index is 0.00000312. The Labute approximate surface area is 188 Å². The van der Waals surface area contributed by atoms with Crippen LogP contribution in [0.25, 0.3) is 11.4 Å². The van der Waals surface area contributed by atoms with Crippen molar-refractivity contribution in [2.24, 2.45) is 13.0 Å². The summed E-state index contributed by atoms with van der Waals surface area (Å²) in [5, 5.41) is 20.4. The molecule has 0 bridgehead atoms. The Morgan fingerprint density at radius 1 is 1.36 bits per heavy atom. The van der Waals surface area contributed by atoms with Crippen LogP contribution >= 0.6 is 0 Å². The molecule has 2 atom stereocenters. The summed E-state index contributed by atoms with van der Waals surface area (Å²) < 4.78 is 1.58. The number of carbonyl (C=O) groups excluding carboxylic acids is 2. The quantitative estimate of drug-likeness (QED) is 0.560. The maximum Gasteiger partial charge on any atom is 1.00 e. The smallest absolute Gasteiger partial charge is 0.548 e. The van der Waals surface area contributed by atoms with Gasteiger partial charge in [-0.1, -0.05) is 32.4 Å². The van der Waals surface area contributed by atoms with E-state index in [2.05, 4.69) is 20.7 Å². The number of hydrogen-bond acceptors (Lipinski definition) is 5. The van der Waals surface area contributed by atoms with E-state index >= 15 is 0 Å². The minimum atomic E-state index is -1.30. The van der Waals surface area contributed by atoms with Crippen molar-refractivity contribution in [1.29, 1.82) is 0 Å². The zero-order valence-electron chi connectivity index (χ0n) is 14.8. The van der Waals surface area contributed by atoms with Crippen molar-refractivity contribution < 1.29 is 66.1 Å². The Morgan fingerprint density at radius 2 is 2.08 bits per heavy atom. The first-order valence-corrected chi connectivity index (χ1v) is 7.65. The SMILES string of the molecule is CC[C@H](C)[C@H](NC(=O)Nc1cccc(-c2ncn(C)n2)c1)C(=O)[O-].[K+]. The summed E-state index contributed by atoms with van der Waals surface area (Å²) in [4.78, 5) is 27.4. The number of urea groups is 1. The monoisotopic (exact) mass is 369 g/mol. The van der Waals surface area contributed by atoms with Gasteiger partial charge in [-0.2, -0.15) is 5.10 Å². The molecular weight excluding hydrogens is 349 g/mol. The second kappa shape index (κ2) is 10.0. The van der Waals surface area contributed by atoms with Crippen LogP contribution in [-0.4, -0.2) is 32.8 Å². The van der Waals surface area contributed by atoms with E-state index in [1.54, 1.807) is 43.2 Å². The molecule has 0 aliphatic carbocycles. The molecule has 2 rings (SSSR count). The number of aryl methyl sites for hydroxylation is 1. The van der Waals surface area contributed by atoms with Crippen LogP contribution in [0.3, 0.4) is 0 Å². The summed E-state index contributed by atoms with van der Waals surface area (Å²) in [7, 11) is 1.76. The van der Waals surface area contributed by atoms with E-state index in [0.717, 1.165) is 5.56 Å². The molecule has 1 heterocycles. The van der Waals surface area contributed by atoms with Crippen molar-refractivity contribution >= 4 is 17.7 Å². The van der Waals surface area contributed by atoms with Crippen molar-refractivity contribution in [1.82, 2.24) is 20.1 Å². The molecule has 2 N–H and O–H groups in total. The minimum absolute atomic E-state index is 0. The van der Waals surface area contributed by atoms with Gasteiger partial charge < -0.3 is 20.5 Å². The summed E-state index contributed by atoms with van der Waals surface area (Å²) >= 11 is 0. The summed E-state index contributed by atoms with van der Waals surface area (Å²) in [5.74, 6) is -0.996. The molecule has 0 radical (unpaired) electrons. The van der Waals surface area contributed by atoms with Gasteiger partial charge in [-0.15, -0.1) is 0 Å². The molecule has 0 saturated heterocycles. The van der Waals surface area contributed by atoms with Crippen LogP contribution in [-0.2, 0) is 11.8 Å². The summed E-state index contributed by atoms with van der Waals surface area (Å²) in [6, 6.07) is 5.34. The van der Waals surface area contributed by atoms with Gasteiger partial charge in [0, 0.05) is 18.3 Å². The van der Waals surface area contributed by atoms with E-state index in [0.29, 0.717) is 17.9 Å². The third-order valence-corrected chi connectivity index (χ3v) is 3.73. The number of carboxylic acids is 1. The van der Waals surface area contributed by atoms with Gasteiger partial charge in [0.05, 0.1) is 12.0 Å². The van der Waals surface area contributed by atoms with Crippen LogP contribution in [0.15, 0.2) is 30.6 Å². The molecule has 0 aliphatic rings. The first-order chi connectivity index (χ1) is 11.4. The number of carboxylic acid groups (broad SMARTS) is 1. The van der Waals surface area contributed by atoms with E-state index < -0.39 is 18.0 Å². The Bertz CT molecular complexity index is 734. The number of nitrogens with one attached hydrogen (secondary N) is 2. The van der Waals surface area contributed by atoms with Crippen molar-refractivity contribution in [2.45, 2.75) is 26.3 Å². The fourth-order valence-electron chi connectivity index (χ4n) is 2.19. The third kappa shape index (κ3) is 6.19. The van der Waals surface area contributed by atoms with Gasteiger partial charge in [0.1, 0.15) is 6.33 Å². The number of nitrogens with zero attached hydrogens (tertiary/aromatic N) is 3. The Hall–Kier alpha value is -1.26. The van der Waals surface area contributed by atoms with Crippen LogP contribution in [0.1, 0.15) is 20.3 Å². The van der Waals surface area contributed by atoms with Crippen LogP contribution in [0, 0.1) is 5.92 Å². The predicted octanol–water partition coefficient (Wildman–Crippen LogP) is -2.23. The maximum absolute atomic E-state index is 12.1. The molecule has 1 aromatic heterocycles. The van der Waals surface area contributed by atoms with E-state index in [4.69, 9.17) is 0 Å². The largest absolute Gasteiger partial charge is 1.00 e. The summed E-state index contributed by atoms with van der Waals surface area (Å²) in [6.45, 7) is 3.59. The van der Waals surface area contributed by atoms with Crippen molar-refractivity contribution in [3.8, 4) is 11.4 Å². The molecular formula is C16H20KN5O3. The molecule has 0 fully saturated rings. The molecule has 128 valence electrons. The fraction of sp³-hybridized carbons (Fsp3) is 0.375. The standard InChI is InChI=1S/C16H21N5O3.K/c1-4-10(2)13(15(22)23)19-16(24)18-12-7-5-6-11(8-12)14-17-9-21(3)20-14;/h5-10,13H,4H2,1-3H3,(H,22,23)(H2,18,19,24);/q;+1/p-1/t10-,13-;/m0./s1. The van der Waals surface area contributed by atoms with E-state index in [1.807, 2.05) is 13.0 Å². The molecule has 25 heavy (non-hydrogen) atoms. The molecule has 9 heteroatoms. The predicted molar refractivity (Wildman–Crippen MR) is 86.8 cm³/mol. The van der Waals surface area contributed by atoms with Crippen LogP contribution in [0.5, 0.6) is 0 Å². The zero-order chi connectivity index (χ0) is 17.7. The van der Waals surface area contributed by atoms with Crippen molar-refractivity contribution in [2.75, 3.05) is 5.32 Å². The number of anilines is 1. The molecule has 2 aromatic rings. The van der Waals surface area contributed by atoms with Crippen LogP contribution in [0.2, 0.25) is 0 Å². The normalized spacial score (nSPS) is 12.6. The second-order valence-corrected chi connectivity index (χ2v) is 5.60. The third-order valence-electron chi connectivity index (χ3n) is 3.73. The fourth-order valence-corrected chi connectivity index (χ4v) is 2.19. The van der Waals surface area contributed by atoms with Gasteiger partial charge in [0.2, 0.25) is 0 Å². The molecule has 0 unspecified atom stereocenters. The first kappa shape index (κ1) is 21.8. The second-order valence-electron chi connectivity index (χ2n) is 5.60. The average molecular weight is 369 g/mol. The minimum Gasteiger partial charge on any atom is -0.548 e. The van der Waals surface area contributed by atoms with Gasteiger partial charge in [-0.25, -0.2) is 9.78 Å². The molecule has 0 spiro atoms. The van der Waals surface area contributed by atoms with E-state index in [-0.39, 0.29) is 57.3 Å². The molecule has 1 aromatic carbocycles. The number of amides is 2. The number of aliphatic carboxylic acids is 1. The molecule has 0 saturated carbocycles. The number of rotatable bonds is 6. The molecule has 8 nitrogen and oxygen atoms in total. The first-order valence-electron chi connectivity index (χ1n) is 7.65. The zero-order valence-corrected chi connectivity index (χ0v) is 17.9. The van der Waals surface area contributed by atoms with Gasteiger partial charge in [0.15, 0.2) is 5.82 Å². The Morgan fingerprint density at radius 3 is 2.64 bits per heavy atom. The van der Waals surface area contributed by atoms with E-state index in [1.165, 1.54) is 0 Å². The number of benzene rings is 1. The van der Waals surface area contributed by atoms with Gasteiger partial charge in [-0.05, 0) is 18.1 Å². The number of hydrogen-bond donors (Lipinski definition) is 2. The topological polar surface area (TPSA) is 112 Å². The van der Waals surface area contributed by atoms with Gasteiger partial charge in [-0.3, -0.25) is 4.68 Å². The molecule has 2 amide bonds. The van der Waals surface area contributed by atoms with Crippen LogP contribution in [0.4, 0.5) is 10.5 Å². The number of aromatic nitrogens is 3. The van der Waals surface area contributed by atoms with Gasteiger partial charge in [0.25, 0.3) is 0 Å². The maximum atomic E-state index is 12.1. The number of carbonyl (C=O) groups is 2.